The van der Waals surface area contributed by atoms with Crippen LogP contribution in [0.4, 0.5) is 0 Å². The third-order valence-corrected chi connectivity index (χ3v) is 7.00. The van der Waals surface area contributed by atoms with Crippen LogP contribution in [0.15, 0.2) is 48.5 Å². The van der Waals surface area contributed by atoms with E-state index in [1.165, 1.54) is 6.92 Å². The Kier molecular flexibility index (Phi) is 7.13. The van der Waals surface area contributed by atoms with E-state index in [-0.39, 0.29) is 12.3 Å². The van der Waals surface area contributed by atoms with E-state index < -0.39 is 22.0 Å². The average Bonchev–Trinajstić information content (AvgIpc) is 3.31. The minimum atomic E-state index is -3.70. The molecule has 164 valence electrons. The Morgan fingerprint density at radius 1 is 1.13 bits per heavy atom. The van der Waals surface area contributed by atoms with Gasteiger partial charge in [-0.1, -0.05) is 61.9 Å². The van der Waals surface area contributed by atoms with Gasteiger partial charge in [-0.15, -0.1) is 5.10 Å². The van der Waals surface area contributed by atoms with Crippen LogP contribution in [-0.4, -0.2) is 56.2 Å². The van der Waals surface area contributed by atoms with Gasteiger partial charge in [0.05, 0.1) is 5.75 Å². The van der Waals surface area contributed by atoms with Crippen molar-refractivity contribution in [3.05, 3.63) is 54.1 Å². The van der Waals surface area contributed by atoms with Crippen molar-refractivity contribution in [3.8, 4) is 22.5 Å². The van der Waals surface area contributed by atoms with Crippen molar-refractivity contribution in [2.45, 2.75) is 39.3 Å². The van der Waals surface area contributed by atoms with Gasteiger partial charge in [-0.2, -0.15) is 4.31 Å². The molecular weight excluding hydrogens is 418 g/mol. The average molecular weight is 444 g/mol. The number of H-pyrrole nitrogens is 1. The molecule has 0 aliphatic heterocycles. The van der Waals surface area contributed by atoms with Gasteiger partial charge in [0.2, 0.25) is 10.0 Å². The second kappa shape index (κ2) is 9.80. The predicted molar refractivity (Wildman–Crippen MR) is 116 cm³/mol. The van der Waals surface area contributed by atoms with Gasteiger partial charge >= 0.3 is 5.97 Å². The summed E-state index contributed by atoms with van der Waals surface area (Å²) in [5.74, 6) is -0.702. The van der Waals surface area contributed by atoms with Gasteiger partial charge in [-0.05, 0) is 40.5 Å². The van der Waals surface area contributed by atoms with Crippen molar-refractivity contribution in [2.24, 2.45) is 0 Å². The fourth-order valence-corrected chi connectivity index (χ4v) is 5.03. The first-order valence-corrected chi connectivity index (χ1v) is 11.6. The van der Waals surface area contributed by atoms with Crippen LogP contribution in [0.2, 0.25) is 0 Å². The Hall–Kier alpha value is -3.11. The van der Waals surface area contributed by atoms with Gasteiger partial charge in [-0.3, -0.25) is 4.79 Å². The molecule has 3 aromatic rings. The van der Waals surface area contributed by atoms with E-state index in [0.29, 0.717) is 24.2 Å². The summed E-state index contributed by atoms with van der Waals surface area (Å²) >= 11 is 0. The Labute approximate surface area is 181 Å². The Morgan fingerprint density at radius 3 is 2.39 bits per heavy atom. The Morgan fingerprint density at radius 2 is 1.81 bits per heavy atom. The number of benzene rings is 2. The van der Waals surface area contributed by atoms with Crippen LogP contribution < -0.4 is 0 Å². The van der Waals surface area contributed by atoms with Crippen molar-refractivity contribution in [1.29, 1.82) is 0 Å². The zero-order valence-electron chi connectivity index (χ0n) is 17.4. The monoisotopic (exact) mass is 443 g/mol. The molecule has 1 aromatic heterocycles. The molecule has 0 aliphatic carbocycles. The summed E-state index contributed by atoms with van der Waals surface area (Å²) in [6, 6.07) is 13.9. The molecule has 0 radical (unpaired) electrons. The number of carboxylic acid groups (broad SMARTS) is 1. The molecule has 1 heterocycles. The summed E-state index contributed by atoms with van der Waals surface area (Å²) in [5, 5.41) is 23.4. The number of aromatic nitrogens is 4. The molecule has 2 aromatic carbocycles. The number of aliphatic carboxylic acids is 1. The highest BCUT2D eigenvalue weighted by Gasteiger charge is 2.31. The van der Waals surface area contributed by atoms with Gasteiger partial charge in [0.15, 0.2) is 5.82 Å². The van der Waals surface area contributed by atoms with E-state index in [4.69, 9.17) is 0 Å². The number of carbonyl (C=O) groups is 1. The number of tetrazole rings is 1. The molecule has 10 heteroatoms. The number of rotatable bonds is 10. The molecule has 0 amide bonds. The van der Waals surface area contributed by atoms with E-state index in [2.05, 4.69) is 20.6 Å². The highest BCUT2D eigenvalue weighted by Crippen LogP contribution is 2.30. The highest BCUT2D eigenvalue weighted by molar-refractivity contribution is 7.89. The number of nitrogens with zero attached hydrogens (tertiary/aromatic N) is 4. The molecular formula is C21H25N5O4S. The molecule has 0 fully saturated rings. The van der Waals surface area contributed by atoms with Crippen LogP contribution in [0.5, 0.6) is 0 Å². The number of nitrogens with one attached hydrogen (secondary N) is 1. The quantitative estimate of drug-likeness (QED) is 0.493. The van der Waals surface area contributed by atoms with Gasteiger partial charge in [0.25, 0.3) is 0 Å². The molecule has 2 N–H and O–H groups in total. The lowest BCUT2D eigenvalue weighted by atomic mass is 9.98. The van der Waals surface area contributed by atoms with E-state index in [9.17, 15) is 18.3 Å². The SMILES string of the molecule is CCCCS(=O)(=O)N(Cc1ccc(-c2ccccc2-c2nnn[nH]2)cc1)[C@@H](C)C(=O)O. The first kappa shape index (κ1) is 22.6. The molecule has 0 unspecified atom stereocenters. The first-order chi connectivity index (χ1) is 14.8. The number of unbranched alkanes of at least 4 members (excludes halogenated alkanes) is 1. The van der Waals surface area contributed by atoms with Crippen molar-refractivity contribution >= 4 is 16.0 Å². The smallest absolute Gasteiger partial charge is 0.321 e. The Balaban J connectivity index is 1.88. The molecule has 0 saturated heterocycles. The van der Waals surface area contributed by atoms with E-state index >= 15 is 0 Å². The summed E-state index contributed by atoms with van der Waals surface area (Å²) in [6.07, 6.45) is 1.20. The van der Waals surface area contributed by atoms with Gasteiger partial charge in [0.1, 0.15) is 6.04 Å². The molecule has 0 aliphatic rings. The second-order valence-corrected chi connectivity index (χ2v) is 9.26. The van der Waals surface area contributed by atoms with Crippen molar-refractivity contribution in [3.63, 3.8) is 0 Å². The minimum absolute atomic E-state index is 0.00648. The fraction of sp³-hybridized carbons (Fsp3) is 0.333. The van der Waals surface area contributed by atoms with E-state index in [0.717, 1.165) is 21.0 Å². The number of hydrogen-bond donors (Lipinski definition) is 2. The maximum absolute atomic E-state index is 12.7. The lowest BCUT2D eigenvalue weighted by Gasteiger charge is -2.26. The molecule has 0 bridgehead atoms. The summed E-state index contributed by atoms with van der Waals surface area (Å²) in [7, 11) is -3.70. The first-order valence-electron chi connectivity index (χ1n) is 9.98. The van der Waals surface area contributed by atoms with Crippen LogP contribution in [0.25, 0.3) is 22.5 Å². The number of carboxylic acids is 1. The molecule has 31 heavy (non-hydrogen) atoms. The molecule has 0 spiro atoms. The van der Waals surface area contributed by atoms with Gasteiger partial charge in [0, 0.05) is 12.1 Å². The normalized spacial score (nSPS) is 12.7. The molecule has 1 atom stereocenters. The zero-order chi connectivity index (χ0) is 22.4. The third-order valence-electron chi connectivity index (χ3n) is 5.03. The van der Waals surface area contributed by atoms with Gasteiger partial charge < -0.3 is 5.11 Å². The standard InChI is InChI=1S/C21H25N5O4S/c1-3-4-13-31(29,30)26(15(2)21(27)28)14-16-9-11-17(12-10-16)18-7-5-6-8-19(18)20-22-24-25-23-20/h5-12,15H,3-4,13-14H2,1-2H3,(H,27,28)(H,22,23,24,25)/t15-/m0/s1. The molecule has 3 rings (SSSR count). The Bertz CT molecular complexity index is 1110. The predicted octanol–water partition coefficient (Wildman–Crippen LogP) is 2.94. The van der Waals surface area contributed by atoms with Crippen LogP contribution in [0.1, 0.15) is 32.3 Å². The van der Waals surface area contributed by atoms with Gasteiger partial charge in [-0.25, -0.2) is 13.5 Å². The fourth-order valence-electron chi connectivity index (χ4n) is 3.23. The van der Waals surface area contributed by atoms with Crippen molar-refractivity contribution in [2.75, 3.05) is 5.75 Å². The molecule has 9 nitrogen and oxygen atoms in total. The number of aromatic amines is 1. The van der Waals surface area contributed by atoms with Crippen LogP contribution >= 0.6 is 0 Å². The maximum atomic E-state index is 12.7. The largest absolute Gasteiger partial charge is 0.480 e. The maximum Gasteiger partial charge on any atom is 0.321 e. The summed E-state index contributed by atoms with van der Waals surface area (Å²) < 4.78 is 26.6. The van der Waals surface area contributed by atoms with E-state index in [1.54, 1.807) is 0 Å². The van der Waals surface area contributed by atoms with Crippen LogP contribution in [-0.2, 0) is 21.4 Å². The zero-order valence-corrected chi connectivity index (χ0v) is 18.2. The molecule has 0 saturated carbocycles. The van der Waals surface area contributed by atoms with E-state index in [1.807, 2.05) is 55.5 Å². The van der Waals surface area contributed by atoms with Crippen molar-refractivity contribution < 1.29 is 18.3 Å². The van der Waals surface area contributed by atoms with Crippen LogP contribution in [0, 0.1) is 0 Å². The second-order valence-electron chi connectivity index (χ2n) is 7.22. The number of sulfonamides is 1. The lowest BCUT2D eigenvalue weighted by molar-refractivity contribution is -0.141. The lowest BCUT2D eigenvalue weighted by Crippen LogP contribution is -2.43. The highest BCUT2D eigenvalue weighted by atomic mass is 32.2. The summed E-state index contributed by atoms with van der Waals surface area (Å²) in [6.45, 7) is 3.28. The summed E-state index contributed by atoms with van der Waals surface area (Å²) in [4.78, 5) is 11.5. The minimum Gasteiger partial charge on any atom is -0.480 e. The van der Waals surface area contributed by atoms with Crippen LogP contribution in [0.3, 0.4) is 0 Å². The topological polar surface area (TPSA) is 129 Å². The summed E-state index contributed by atoms with van der Waals surface area (Å²) in [5.41, 5.74) is 3.36. The number of hydrogen-bond acceptors (Lipinski definition) is 6. The van der Waals surface area contributed by atoms with Crippen molar-refractivity contribution in [1.82, 2.24) is 24.9 Å². The third kappa shape index (κ3) is 5.33.